The molecule has 6 atom stereocenters. The van der Waals surface area contributed by atoms with Crippen molar-refractivity contribution >= 4 is 41.5 Å². The third-order valence-electron chi connectivity index (χ3n) is 13.6. The summed E-state index contributed by atoms with van der Waals surface area (Å²) in [6, 6.07) is 18.0. The Morgan fingerprint density at radius 3 is 1.36 bits per heavy atom. The molecular weight excluding hydrogens is 822 g/mol. The largest absolute Gasteiger partial charge is 0.465 e. The molecule has 6 amide bonds. The molecule has 0 aliphatic carbocycles. The van der Waals surface area contributed by atoms with Crippen molar-refractivity contribution in [3.05, 3.63) is 101 Å². The van der Waals surface area contributed by atoms with Crippen molar-refractivity contribution in [1.29, 1.82) is 0 Å². The summed E-state index contributed by atoms with van der Waals surface area (Å²) < 4.78 is 14.5. The van der Waals surface area contributed by atoms with Gasteiger partial charge in [0.05, 0.1) is 12.1 Å². The lowest BCUT2D eigenvalue weighted by atomic mass is 9.81. The lowest BCUT2D eigenvalue weighted by molar-refractivity contribution is -0.150. The monoisotopic (exact) mass is 883 g/mol. The number of carbonyl (C=O) groups excluding carboxylic acids is 4. The molecule has 3 aromatic rings. The number of benzene rings is 3. The number of nitrogens with two attached hydrogens (primary N) is 2. The molecule has 3 heterocycles. The van der Waals surface area contributed by atoms with Crippen molar-refractivity contribution < 1.29 is 43.4 Å². The van der Waals surface area contributed by atoms with Crippen molar-refractivity contribution in [2.24, 2.45) is 22.3 Å². The first kappa shape index (κ1) is 47.3. The minimum atomic E-state index is -1.57. The van der Waals surface area contributed by atoms with Crippen LogP contribution in [0.4, 0.5) is 19.7 Å². The second-order valence-electron chi connectivity index (χ2n) is 19.7. The van der Waals surface area contributed by atoms with Crippen molar-refractivity contribution in [1.82, 2.24) is 19.6 Å². The van der Waals surface area contributed by atoms with E-state index in [4.69, 9.17) is 11.5 Å². The maximum Gasteiger partial charge on any atom is 0.407 e. The van der Waals surface area contributed by atoms with Crippen molar-refractivity contribution in [2.75, 3.05) is 32.1 Å². The molecule has 6 N–H and O–H groups in total. The SMILES string of the molecule is CN(C(=O)O)[C@H](C(=O)N1CCC[C@@]1(C(N)=O)c1cccc([C@H]2CC[C@H](c3cccc([C@]4(C(N)=O)CCCN4C(=O)[C@@H](N(C)C(=O)O)C(C)(C)C)c3)N2c2ccc(F)cc2)c1)C(C)(C)C. The standard InChI is InChI=1S/C48H62FN7O8/c1-45(2,3)37(52(7)43(61)62)39(57)54-25-11-23-47(54,41(50)59)31-15-9-13-29(27-31)35-21-22-36(56(35)34-19-17-33(49)18-20-34)30-14-10-16-32(28-30)48(42(51)60)24-12-26-55(48)40(58)38(46(4,5)6)53(8)44(63)64/h9-10,13-20,27-28,35-38H,11-12,21-26H2,1-8H3,(H2,50,59)(H2,51,60)(H,61,62)(H,63,64)/t35-,36-,37-,38-,47+,48+/m1/s1. The fourth-order valence-corrected chi connectivity index (χ4v) is 10.8. The van der Waals surface area contributed by atoms with Crippen molar-refractivity contribution in [2.45, 2.75) is 115 Å². The van der Waals surface area contributed by atoms with Crippen LogP contribution in [0, 0.1) is 16.6 Å². The van der Waals surface area contributed by atoms with E-state index in [2.05, 4.69) is 4.90 Å². The van der Waals surface area contributed by atoms with E-state index in [0.717, 1.165) is 20.9 Å². The van der Waals surface area contributed by atoms with Gasteiger partial charge in [-0.3, -0.25) is 29.0 Å². The maximum absolute atomic E-state index is 14.5. The zero-order valence-electron chi connectivity index (χ0n) is 38.0. The van der Waals surface area contributed by atoms with Gasteiger partial charge in [-0.1, -0.05) is 90.1 Å². The molecule has 3 aromatic carbocycles. The van der Waals surface area contributed by atoms with Crippen LogP contribution in [-0.2, 0) is 30.3 Å². The number of halogens is 1. The third kappa shape index (κ3) is 8.22. The van der Waals surface area contributed by atoms with Crippen LogP contribution in [0.1, 0.15) is 114 Å². The minimum Gasteiger partial charge on any atom is -0.465 e. The molecule has 0 spiro atoms. The molecule has 3 aliphatic rings. The van der Waals surface area contributed by atoms with Crippen LogP contribution in [0.3, 0.4) is 0 Å². The molecular formula is C48H62FN7O8. The maximum atomic E-state index is 14.5. The Morgan fingerprint density at radius 2 is 1.03 bits per heavy atom. The molecule has 16 heteroatoms. The van der Waals surface area contributed by atoms with E-state index in [1.165, 1.54) is 36.0 Å². The highest BCUT2D eigenvalue weighted by molar-refractivity contribution is 5.96. The summed E-state index contributed by atoms with van der Waals surface area (Å²) in [6.07, 6.45) is 0.0121. The van der Waals surface area contributed by atoms with Gasteiger partial charge in [0, 0.05) is 32.9 Å². The fraction of sp³-hybridized carbons (Fsp3) is 0.500. The summed E-state index contributed by atoms with van der Waals surface area (Å²) in [7, 11) is 2.69. The lowest BCUT2D eigenvalue weighted by Crippen LogP contribution is -2.61. The summed E-state index contributed by atoms with van der Waals surface area (Å²) in [5.74, 6) is -2.93. The Bertz CT molecular complexity index is 2170. The van der Waals surface area contributed by atoms with E-state index in [9.17, 15) is 43.4 Å². The summed E-state index contributed by atoms with van der Waals surface area (Å²) in [5, 5.41) is 19.9. The average molecular weight is 884 g/mol. The third-order valence-corrected chi connectivity index (χ3v) is 13.6. The molecule has 64 heavy (non-hydrogen) atoms. The summed E-state index contributed by atoms with van der Waals surface area (Å²) in [5.41, 5.74) is 11.0. The van der Waals surface area contributed by atoms with Gasteiger partial charge in [-0.2, -0.15) is 0 Å². The predicted molar refractivity (Wildman–Crippen MR) is 238 cm³/mol. The Hall–Kier alpha value is -6.19. The smallest absolute Gasteiger partial charge is 0.407 e. The van der Waals surface area contributed by atoms with Crippen molar-refractivity contribution in [3.8, 4) is 0 Å². The molecule has 0 unspecified atom stereocenters. The van der Waals surface area contributed by atoms with Crippen LogP contribution in [0.2, 0.25) is 0 Å². The molecule has 344 valence electrons. The highest BCUT2D eigenvalue weighted by Crippen LogP contribution is 2.50. The number of hydrogen-bond donors (Lipinski definition) is 4. The first-order valence-corrected chi connectivity index (χ1v) is 21.8. The van der Waals surface area contributed by atoms with Crippen LogP contribution in [0.15, 0.2) is 72.8 Å². The van der Waals surface area contributed by atoms with E-state index in [0.29, 0.717) is 42.5 Å². The Balaban J connectivity index is 1.43. The molecule has 3 saturated heterocycles. The fourth-order valence-electron chi connectivity index (χ4n) is 10.8. The van der Waals surface area contributed by atoms with E-state index in [1.807, 2.05) is 36.4 Å². The van der Waals surface area contributed by atoms with Crippen LogP contribution in [0.25, 0.3) is 0 Å². The Kier molecular flexibility index (Phi) is 12.9. The van der Waals surface area contributed by atoms with Gasteiger partial charge in [0.25, 0.3) is 0 Å². The molecule has 0 bridgehead atoms. The zero-order valence-corrected chi connectivity index (χ0v) is 38.0. The van der Waals surface area contributed by atoms with Crippen molar-refractivity contribution in [3.63, 3.8) is 0 Å². The molecule has 15 nitrogen and oxygen atoms in total. The summed E-state index contributed by atoms with van der Waals surface area (Å²) in [6.45, 7) is 11.0. The van der Waals surface area contributed by atoms with Gasteiger partial charge in [-0.05, 0) is 95.9 Å². The first-order chi connectivity index (χ1) is 29.9. The van der Waals surface area contributed by atoms with Crippen LogP contribution >= 0.6 is 0 Å². The second kappa shape index (κ2) is 17.4. The summed E-state index contributed by atoms with van der Waals surface area (Å²) >= 11 is 0. The molecule has 0 radical (unpaired) electrons. The molecule has 0 saturated carbocycles. The number of carbonyl (C=O) groups is 6. The molecule has 3 fully saturated rings. The van der Waals surface area contributed by atoms with Gasteiger partial charge in [-0.25, -0.2) is 14.0 Å². The topological polar surface area (TPSA) is 211 Å². The van der Waals surface area contributed by atoms with Gasteiger partial charge >= 0.3 is 12.2 Å². The number of likely N-dealkylation sites (N-methyl/N-ethyl adjacent to an activating group) is 2. The number of nitrogens with zero attached hydrogens (tertiary/aromatic N) is 5. The van der Waals surface area contributed by atoms with Gasteiger partial charge < -0.3 is 36.4 Å². The number of anilines is 1. The van der Waals surface area contributed by atoms with Gasteiger partial charge in [0.15, 0.2) is 0 Å². The zero-order chi connectivity index (χ0) is 47.3. The number of likely N-dealkylation sites (tertiary alicyclic amines) is 2. The highest BCUT2D eigenvalue weighted by Gasteiger charge is 2.55. The van der Waals surface area contributed by atoms with E-state index in [1.54, 1.807) is 65.8 Å². The number of hydrogen-bond acceptors (Lipinski definition) is 7. The molecule has 0 aromatic heterocycles. The molecule has 6 rings (SSSR count). The highest BCUT2D eigenvalue weighted by atomic mass is 19.1. The van der Waals surface area contributed by atoms with Crippen LogP contribution in [-0.4, -0.2) is 105 Å². The predicted octanol–water partition coefficient (Wildman–Crippen LogP) is 6.56. The number of amides is 6. The number of rotatable bonds is 11. The van der Waals surface area contributed by atoms with Gasteiger partial charge in [0.1, 0.15) is 29.0 Å². The molecule has 3 aliphatic heterocycles. The van der Waals surface area contributed by atoms with E-state index in [-0.39, 0.29) is 38.0 Å². The minimum absolute atomic E-state index is 0.193. The van der Waals surface area contributed by atoms with Gasteiger partial charge in [-0.15, -0.1) is 0 Å². The number of primary amides is 2. The average Bonchev–Trinajstić information content (AvgIpc) is 3.99. The van der Waals surface area contributed by atoms with Crippen LogP contribution < -0.4 is 16.4 Å². The lowest BCUT2D eigenvalue weighted by Gasteiger charge is -2.43. The van der Waals surface area contributed by atoms with Gasteiger partial charge in [0.2, 0.25) is 23.6 Å². The normalized spacial score (nSPS) is 23.4. The Morgan fingerprint density at radius 1 is 0.656 bits per heavy atom. The van der Waals surface area contributed by atoms with Crippen LogP contribution in [0.5, 0.6) is 0 Å². The second-order valence-corrected chi connectivity index (χ2v) is 19.7. The quantitative estimate of drug-likeness (QED) is 0.164. The summed E-state index contributed by atoms with van der Waals surface area (Å²) in [4.78, 5) is 88.1. The van der Waals surface area contributed by atoms with E-state index < -0.39 is 75.6 Å². The first-order valence-electron chi connectivity index (χ1n) is 21.8. The Labute approximate surface area is 374 Å². The number of carboxylic acid groups (broad SMARTS) is 2. The van der Waals surface area contributed by atoms with E-state index >= 15 is 0 Å².